The summed E-state index contributed by atoms with van der Waals surface area (Å²) in [6.07, 6.45) is 3.25. The first-order chi connectivity index (χ1) is 4.93. The number of nitriles is 1. The van der Waals surface area contributed by atoms with E-state index >= 15 is 0 Å². The van der Waals surface area contributed by atoms with Crippen molar-refractivity contribution in [1.82, 2.24) is 0 Å². The first-order valence-corrected chi connectivity index (χ1v) is 3.04. The Hall–Kier alpha value is -1.55. The molecule has 0 radical (unpaired) electrons. The van der Waals surface area contributed by atoms with Gasteiger partial charge in [0, 0.05) is 6.08 Å². The van der Waals surface area contributed by atoms with Gasteiger partial charge in [0.15, 0.2) is 0 Å². The van der Waals surface area contributed by atoms with Gasteiger partial charge in [-0.3, -0.25) is 0 Å². The Balaban J connectivity index is 2.79. The van der Waals surface area contributed by atoms with E-state index in [1.165, 1.54) is 6.08 Å². The molecule has 0 aliphatic heterocycles. The van der Waals surface area contributed by atoms with Gasteiger partial charge in [0.2, 0.25) is 0 Å². The van der Waals surface area contributed by atoms with Crippen molar-refractivity contribution in [2.75, 3.05) is 0 Å². The van der Waals surface area contributed by atoms with Crippen molar-refractivity contribution in [1.29, 1.82) is 5.26 Å². The molecule has 0 N–H and O–H groups in total. The van der Waals surface area contributed by atoms with Gasteiger partial charge < -0.3 is 0 Å². The van der Waals surface area contributed by atoms with Gasteiger partial charge in [0.1, 0.15) is 0 Å². The Morgan fingerprint density at radius 2 is 1.90 bits per heavy atom. The molecular formula is C9H7N. The molecule has 0 heterocycles. The van der Waals surface area contributed by atoms with E-state index in [0.717, 1.165) is 5.56 Å². The van der Waals surface area contributed by atoms with Gasteiger partial charge in [-0.2, -0.15) is 5.26 Å². The quantitative estimate of drug-likeness (QED) is 0.532. The molecule has 1 nitrogen and oxygen atoms in total. The number of hydrogen-bond acceptors (Lipinski definition) is 1. The Bertz CT molecular complexity index is 254. The van der Waals surface area contributed by atoms with E-state index in [9.17, 15) is 0 Å². The molecule has 1 aromatic carbocycles. The summed E-state index contributed by atoms with van der Waals surface area (Å²) in [4.78, 5) is 0. The summed E-state index contributed by atoms with van der Waals surface area (Å²) in [5, 5.41) is 8.19. The van der Waals surface area contributed by atoms with Gasteiger partial charge in [-0.05, 0) is 11.6 Å². The highest BCUT2D eigenvalue weighted by Gasteiger charge is 1.79. The minimum absolute atomic E-state index is 1.06. The van der Waals surface area contributed by atoms with Crippen LogP contribution >= 0.6 is 0 Å². The molecule has 0 unspecified atom stereocenters. The molecule has 1 heteroatoms. The lowest BCUT2D eigenvalue weighted by atomic mass is 10.1. The van der Waals surface area contributed by atoms with E-state index in [1.807, 2.05) is 36.4 Å². The molecule has 1 rings (SSSR count). The molecule has 0 saturated heterocycles. The number of allylic oxidation sites excluding steroid dienone is 1. The van der Waals surface area contributed by atoms with E-state index in [2.05, 4.69) is 0 Å². The van der Waals surface area contributed by atoms with Crippen LogP contribution in [0.25, 0.3) is 6.08 Å². The number of nitrogens with zero attached hydrogens (tertiary/aromatic N) is 1. The molecule has 0 amide bonds. The van der Waals surface area contributed by atoms with Gasteiger partial charge in [0.25, 0.3) is 0 Å². The van der Waals surface area contributed by atoms with Crippen molar-refractivity contribution >= 4 is 6.08 Å². The summed E-state index contributed by atoms with van der Waals surface area (Å²) in [6.45, 7) is 0. The maximum Gasteiger partial charge on any atom is 0.0912 e. The third-order valence-corrected chi connectivity index (χ3v) is 1.15. The number of rotatable bonds is 1. The third kappa shape index (κ3) is 1.75. The van der Waals surface area contributed by atoms with E-state index in [4.69, 9.17) is 5.26 Å². The SMILES string of the molecule is N#[11C]/C=C/c1ccccc1. The molecule has 0 aliphatic rings. The Morgan fingerprint density at radius 3 is 2.50 bits per heavy atom. The highest BCUT2D eigenvalue weighted by Crippen LogP contribution is 1.99. The predicted octanol–water partition coefficient (Wildman–Crippen LogP) is 2.22. The summed E-state index contributed by atoms with van der Waals surface area (Å²) in [6, 6.07) is 11.7. The van der Waals surface area contributed by atoms with Crippen LogP contribution in [0.5, 0.6) is 0 Å². The normalized spacial score (nSPS) is 9.50. The van der Waals surface area contributed by atoms with Crippen LogP contribution in [0.4, 0.5) is 0 Å². The van der Waals surface area contributed by atoms with Gasteiger partial charge in [0.05, 0.1) is 6.07 Å². The molecule has 0 aromatic heterocycles. The lowest BCUT2D eigenvalue weighted by Crippen LogP contribution is -1.65. The second-order valence-corrected chi connectivity index (χ2v) is 1.87. The van der Waals surface area contributed by atoms with Gasteiger partial charge >= 0.3 is 0 Å². The first kappa shape index (κ1) is 6.57. The predicted molar refractivity (Wildman–Crippen MR) is 41.1 cm³/mol. The zero-order valence-electron chi connectivity index (χ0n) is 5.49. The van der Waals surface area contributed by atoms with E-state index in [-0.39, 0.29) is 0 Å². The van der Waals surface area contributed by atoms with Crippen molar-refractivity contribution in [3.8, 4) is 6.07 Å². The van der Waals surface area contributed by atoms with Crippen molar-refractivity contribution in [3.63, 3.8) is 0 Å². The molecule has 0 saturated carbocycles. The molecule has 0 aliphatic carbocycles. The molecule has 10 heavy (non-hydrogen) atoms. The van der Waals surface area contributed by atoms with Crippen LogP contribution in [-0.2, 0) is 0 Å². The largest absolute Gasteiger partial charge is 0.193 e. The van der Waals surface area contributed by atoms with Crippen LogP contribution in [0.1, 0.15) is 5.56 Å². The first-order valence-electron chi connectivity index (χ1n) is 3.04. The van der Waals surface area contributed by atoms with E-state index < -0.39 is 0 Å². The minimum atomic E-state index is 1.06. The molecule has 0 atom stereocenters. The highest BCUT2D eigenvalue weighted by molar-refractivity contribution is 5.51. The fourth-order valence-electron chi connectivity index (χ4n) is 0.698. The third-order valence-electron chi connectivity index (χ3n) is 1.15. The van der Waals surface area contributed by atoms with Crippen LogP contribution in [-0.4, -0.2) is 0 Å². The molecular weight excluding hydrogens is 121 g/mol. The van der Waals surface area contributed by atoms with Crippen LogP contribution < -0.4 is 0 Å². The molecule has 0 bridgehead atoms. The van der Waals surface area contributed by atoms with Gasteiger partial charge in [-0.1, -0.05) is 30.3 Å². The average Bonchev–Trinajstić information content (AvgIpc) is 2.03. The fraction of sp³-hybridized carbons (Fsp3) is 0. The van der Waals surface area contributed by atoms with Crippen molar-refractivity contribution < 1.29 is 0 Å². The summed E-state index contributed by atoms with van der Waals surface area (Å²) < 4.78 is 0. The number of benzene rings is 1. The van der Waals surface area contributed by atoms with Crippen molar-refractivity contribution in [2.45, 2.75) is 0 Å². The van der Waals surface area contributed by atoms with Crippen LogP contribution in [0.3, 0.4) is 0 Å². The van der Waals surface area contributed by atoms with Gasteiger partial charge in [-0.15, -0.1) is 0 Å². The van der Waals surface area contributed by atoms with Crippen LogP contribution in [0.15, 0.2) is 36.4 Å². The Morgan fingerprint density at radius 1 is 1.20 bits per heavy atom. The minimum Gasteiger partial charge on any atom is -0.193 e. The second-order valence-electron chi connectivity index (χ2n) is 1.87. The van der Waals surface area contributed by atoms with Crippen molar-refractivity contribution in [2.24, 2.45) is 0 Å². The molecule has 48 valence electrons. The molecule has 0 fully saturated rings. The lowest BCUT2D eigenvalue weighted by molar-refractivity contribution is 1.54. The molecule has 0 spiro atoms. The summed E-state index contributed by atoms with van der Waals surface area (Å²) in [5.41, 5.74) is 1.06. The average molecular weight is 128 g/mol. The smallest absolute Gasteiger partial charge is 0.0912 e. The maximum atomic E-state index is 8.19. The summed E-state index contributed by atoms with van der Waals surface area (Å²) >= 11 is 0. The van der Waals surface area contributed by atoms with E-state index in [1.54, 1.807) is 6.08 Å². The second kappa shape index (κ2) is 3.47. The molecule has 1 aromatic rings. The number of hydrogen-bond donors (Lipinski definition) is 0. The monoisotopic (exact) mass is 128 g/mol. The maximum absolute atomic E-state index is 8.19. The van der Waals surface area contributed by atoms with Crippen LogP contribution in [0.2, 0.25) is 0 Å². The van der Waals surface area contributed by atoms with Gasteiger partial charge in [-0.25, -0.2) is 0 Å². The zero-order chi connectivity index (χ0) is 7.23. The fourth-order valence-corrected chi connectivity index (χ4v) is 0.698. The summed E-state index contributed by atoms with van der Waals surface area (Å²) in [5.74, 6) is 0. The standard InChI is InChI=1S/C9H7N/c10-8-4-7-9-5-2-1-3-6-9/h1-7H/b7-4+/i8-1. The lowest BCUT2D eigenvalue weighted by Gasteiger charge is -1.86. The Labute approximate surface area is 60.2 Å². The topological polar surface area (TPSA) is 23.8 Å². The van der Waals surface area contributed by atoms with Crippen molar-refractivity contribution in [3.05, 3.63) is 42.0 Å². The van der Waals surface area contributed by atoms with Crippen LogP contribution in [0, 0.1) is 11.3 Å². The van der Waals surface area contributed by atoms with E-state index in [0.29, 0.717) is 0 Å². The summed E-state index contributed by atoms with van der Waals surface area (Å²) in [7, 11) is 0. The zero-order valence-corrected chi connectivity index (χ0v) is 5.49. The highest BCUT2D eigenvalue weighted by atomic mass is 14.1. The Kier molecular flexibility index (Phi) is 2.28.